The zero-order valence-corrected chi connectivity index (χ0v) is 11.2. The first-order chi connectivity index (χ1) is 9.10. The highest BCUT2D eigenvalue weighted by Crippen LogP contribution is 2.27. The molecule has 0 aliphatic heterocycles. The molecule has 0 bridgehead atoms. The smallest absolute Gasteiger partial charge is 0.261 e. The molecule has 1 aromatic rings. The van der Waals surface area contributed by atoms with Gasteiger partial charge in [-0.2, -0.15) is 0 Å². The minimum atomic E-state index is -0.668. The molecule has 102 valence electrons. The molecule has 0 spiro atoms. The van der Waals surface area contributed by atoms with Crippen molar-refractivity contribution in [2.45, 2.75) is 32.5 Å². The minimum Gasteiger partial charge on any atom is -0.481 e. The van der Waals surface area contributed by atoms with Crippen LogP contribution in [0.15, 0.2) is 24.3 Å². The van der Waals surface area contributed by atoms with Crippen LogP contribution < -0.4 is 10.1 Å². The second-order valence-corrected chi connectivity index (χ2v) is 4.14. The molecule has 19 heavy (non-hydrogen) atoms. The van der Waals surface area contributed by atoms with Crippen LogP contribution in [-0.2, 0) is 4.79 Å². The molecule has 0 heterocycles. The van der Waals surface area contributed by atoms with Gasteiger partial charge in [0.1, 0.15) is 5.75 Å². The highest BCUT2D eigenvalue weighted by Gasteiger charge is 2.17. The molecule has 1 amide bonds. The van der Waals surface area contributed by atoms with E-state index in [9.17, 15) is 9.90 Å². The van der Waals surface area contributed by atoms with Crippen molar-refractivity contribution in [3.63, 3.8) is 0 Å². The first kappa shape index (κ1) is 15.1. The molecule has 0 aromatic heterocycles. The molecule has 2 N–H and O–H groups in total. The minimum absolute atomic E-state index is 0.172. The number of hydrogen-bond donors (Lipinski definition) is 2. The predicted molar refractivity (Wildman–Crippen MR) is 73.6 cm³/mol. The monoisotopic (exact) mass is 261 g/mol. The summed E-state index contributed by atoms with van der Waals surface area (Å²) in [5.74, 6) is 2.56. The average molecular weight is 261 g/mol. The third-order valence-electron chi connectivity index (χ3n) is 2.70. The standard InChI is InChI=1S/C15H19NO3/c1-4-10-16-15(18)11(3)19-14-9-7-6-8-12(14)13(17)5-2/h1,6-9,11,13,17H,5,10H2,2-3H3,(H,16,18)/t11?,13-/m1/s1. The van der Waals surface area contributed by atoms with E-state index in [0.717, 1.165) is 0 Å². The van der Waals surface area contributed by atoms with Gasteiger partial charge in [0.2, 0.25) is 0 Å². The van der Waals surface area contributed by atoms with Crippen LogP contribution in [0, 0.1) is 12.3 Å². The molecule has 1 rings (SSSR count). The average Bonchev–Trinajstić information content (AvgIpc) is 2.44. The maximum absolute atomic E-state index is 11.7. The van der Waals surface area contributed by atoms with Crippen molar-refractivity contribution in [1.82, 2.24) is 5.32 Å². The summed E-state index contributed by atoms with van der Waals surface area (Å²) in [6.45, 7) is 3.69. The van der Waals surface area contributed by atoms with Crippen molar-refractivity contribution in [2.75, 3.05) is 6.54 Å². The Labute approximate surface area is 113 Å². The van der Waals surface area contributed by atoms with E-state index in [-0.39, 0.29) is 12.5 Å². The zero-order chi connectivity index (χ0) is 14.3. The number of hydrogen-bond acceptors (Lipinski definition) is 3. The van der Waals surface area contributed by atoms with Crippen LogP contribution in [0.1, 0.15) is 31.9 Å². The van der Waals surface area contributed by atoms with E-state index in [4.69, 9.17) is 11.2 Å². The van der Waals surface area contributed by atoms with E-state index in [1.54, 1.807) is 25.1 Å². The van der Waals surface area contributed by atoms with Crippen molar-refractivity contribution in [3.8, 4) is 18.1 Å². The van der Waals surface area contributed by atoms with Gasteiger partial charge in [0.25, 0.3) is 5.91 Å². The summed E-state index contributed by atoms with van der Waals surface area (Å²) in [6.07, 6.45) is 4.39. The number of benzene rings is 1. The van der Waals surface area contributed by atoms with Crippen molar-refractivity contribution < 1.29 is 14.6 Å². The van der Waals surface area contributed by atoms with E-state index < -0.39 is 12.2 Å². The second-order valence-electron chi connectivity index (χ2n) is 4.14. The van der Waals surface area contributed by atoms with Gasteiger partial charge < -0.3 is 15.2 Å². The van der Waals surface area contributed by atoms with Gasteiger partial charge in [-0.15, -0.1) is 6.42 Å². The summed E-state index contributed by atoms with van der Waals surface area (Å²) in [4.78, 5) is 11.7. The van der Waals surface area contributed by atoms with Crippen molar-refractivity contribution >= 4 is 5.91 Å². The maximum Gasteiger partial charge on any atom is 0.261 e. The third-order valence-corrected chi connectivity index (χ3v) is 2.70. The van der Waals surface area contributed by atoms with Crippen LogP contribution in [0.25, 0.3) is 0 Å². The molecule has 0 saturated heterocycles. The number of aliphatic hydroxyl groups is 1. The van der Waals surface area contributed by atoms with Gasteiger partial charge in [-0.25, -0.2) is 0 Å². The predicted octanol–water partition coefficient (Wildman–Crippen LogP) is 1.65. The Bertz CT molecular complexity index is 465. The fourth-order valence-electron chi connectivity index (χ4n) is 1.61. The van der Waals surface area contributed by atoms with Crippen LogP contribution in [0.5, 0.6) is 5.75 Å². The van der Waals surface area contributed by atoms with E-state index >= 15 is 0 Å². The van der Waals surface area contributed by atoms with Gasteiger partial charge >= 0.3 is 0 Å². The number of rotatable bonds is 6. The summed E-state index contributed by atoms with van der Waals surface area (Å²) in [6, 6.07) is 7.15. The lowest BCUT2D eigenvalue weighted by Gasteiger charge is -2.18. The molecule has 1 aromatic carbocycles. The zero-order valence-electron chi connectivity index (χ0n) is 11.2. The number of para-hydroxylation sites is 1. The normalized spacial score (nSPS) is 13.2. The van der Waals surface area contributed by atoms with Crippen molar-refractivity contribution in [3.05, 3.63) is 29.8 Å². The van der Waals surface area contributed by atoms with Crippen molar-refractivity contribution in [1.29, 1.82) is 0 Å². The Morgan fingerprint density at radius 2 is 2.21 bits per heavy atom. The van der Waals surface area contributed by atoms with Gasteiger partial charge in [-0.05, 0) is 19.4 Å². The number of terminal acetylenes is 1. The number of ether oxygens (including phenoxy) is 1. The first-order valence-corrected chi connectivity index (χ1v) is 6.25. The molecule has 4 heteroatoms. The van der Waals surface area contributed by atoms with E-state index in [1.807, 2.05) is 13.0 Å². The summed E-state index contributed by atoms with van der Waals surface area (Å²) >= 11 is 0. The molecule has 4 nitrogen and oxygen atoms in total. The summed E-state index contributed by atoms with van der Waals surface area (Å²) < 4.78 is 5.59. The van der Waals surface area contributed by atoms with Gasteiger partial charge in [-0.1, -0.05) is 31.0 Å². The van der Waals surface area contributed by atoms with Gasteiger partial charge in [0, 0.05) is 5.56 Å². The first-order valence-electron chi connectivity index (χ1n) is 6.25. The number of amides is 1. The van der Waals surface area contributed by atoms with E-state index in [1.165, 1.54) is 0 Å². The fourth-order valence-corrected chi connectivity index (χ4v) is 1.61. The SMILES string of the molecule is C#CCNC(=O)C(C)Oc1ccccc1[C@H](O)CC. The second kappa shape index (κ2) is 7.45. The topological polar surface area (TPSA) is 58.6 Å². The van der Waals surface area contributed by atoms with Crippen LogP contribution in [0.3, 0.4) is 0 Å². The molecule has 0 fully saturated rings. The summed E-state index contributed by atoms with van der Waals surface area (Å²) in [5, 5.41) is 12.4. The highest BCUT2D eigenvalue weighted by molar-refractivity contribution is 5.80. The molecule has 1 unspecified atom stereocenters. The lowest BCUT2D eigenvalue weighted by atomic mass is 10.1. The Balaban J connectivity index is 2.76. The number of carbonyl (C=O) groups is 1. The summed E-state index contributed by atoms with van der Waals surface area (Å²) in [5.41, 5.74) is 0.682. The van der Waals surface area contributed by atoms with Gasteiger partial charge in [0.15, 0.2) is 6.10 Å². The molecular weight excluding hydrogens is 242 g/mol. The quantitative estimate of drug-likeness (QED) is 0.765. The Kier molecular flexibility index (Phi) is 5.91. The molecule has 2 atom stereocenters. The number of aliphatic hydroxyl groups excluding tert-OH is 1. The van der Waals surface area contributed by atoms with Gasteiger partial charge in [-0.3, -0.25) is 4.79 Å². The lowest BCUT2D eigenvalue weighted by molar-refractivity contribution is -0.127. The largest absolute Gasteiger partial charge is 0.481 e. The van der Waals surface area contributed by atoms with E-state index in [0.29, 0.717) is 17.7 Å². The molecule has 0 aliphatic rings. The lowest BCUT2D eigenvalue weighted by Crippen LogP contribution is -2.36. The Hall–Kier alpha value is -1.99. The molecule has 0 saturated carbocycles. The molecular formula is C15H19NO3. The Morgan fingerprint density at radius 3 is 2.84 bits per heavy atom. The van der Waals surface area contributed by atoms with Crippen LogP contribution in [0.2, 0.25) is 0 Å². The molecule has 0 aliphatic carbocycles. The number of carbonyl (C=O) groups excluding carboxylic acids is 1. The Morgan fingerprint density at radius 1 is 1.53 bits per heavy atom. The van der Waals surface area contributed by atoms with E-state index in [2.05, 4.69) is 11.2 Å². The van der Waals surface area contributed by atoms with Crippen LogP contribution in [-0.4, -0.2) is 23.7 Å². The highest BCUT2D eigenvalue weighted by atomic mass is 16.5. The number of nitrogens with one attached hydrogen (secondary N) is 1. The fraction of sp³-hybridized carbons (Fsp3) is 0.400. The maximum atomic E-state index is 11.7. The summed E-state index contributed by atoms with van der Waals surface area (Å²) in [7, 11) is 0. The van der Waals surface area contributed by atoms with Crippen LogP contribution >= 0.6 is 0 Å². The van der Waals surface area contributed by atoms with Crippen molar-refractivity contribution in [2.24, 2.45) is 0 Å². The third kappa shape index (κ3) is 4.31. The molecule has 0 radical (unpaired) electrons. The van der Waals surface area contributed by atoms with Crippen LogP contribution in [0.4, 0.5) is 0 Å². The van der Waals surface area contributed by atoms with Gasteiger partial charge in [0.05, 0.1) is 12.6 Å².